The fourth-order valence-electron chi connectivity index (χ4n) is 2.30. The fraction of sp³-hybridized carbons (Fsp3) is 1.00. The van der Waals surface area contributed by atoms with Gasteiger partial charge in [0, 0.05) is 12.1 Å². The highest BCUT2D eigenvalue weighted by atomic mass is 15.1. The molecule has 1 fully saturated rings. The van der Waals surface area contributed by atoms with Gasteiger partial charge in [0.2, 0.25) is 0 Å². The number of hydrogen-bond acceptors (Lipinski definition) is 2. The lowest BCUT2D eigenvalue weighted by Crippen LogP contribution is -2.45. The minimum Gasteiger partial charge on any atom is -0.314 e. The Morgan fingerprint density at radius 1 is 1.36 bits per heavy atom. The van der Waals surface area contributed by atoms with Gasteiger partial charge in [0.05, 0.1) is 0 Å². The maximum Gasteiger partial charge on any atom is 0.0119 e. The molecule has 0 bridgehead atoms. The van der Waals surface area contributed by atoms with E-state index in [4.69, 9.17) is 0 Å². The summed E-state index contributed by atoms with van der Waals surface area (Å²) in [7, 11) is 2.29. The van der Waals surface area contributed by atoms with E-state index in [1.165, 1.54) is 45.2 Å². The highest BCUT2D eigenvalue weighted by Crippen LogP contribution is 2.14. The van der Waals surface area contributed by atoms with Crippen molar-refractivity contribution in [1.29, 1.82) is 0 Å². The molecule has 0 aromatic heterocycles. The van der Waals surface area contributed by atoms with Gasteiger partial charge in [-0.05, 0) is 46.3 Å². The molecular weight excluding hydrogens is 172 g/mol. The number of nitrogens with zero attached hydrogens (tertiary/aromatic N) is 1. The van der Waals surface area contributed by atoms with E-state index in [0.717, 1.165) is 6.04 Å². The van der Waals surface area contributed by atoms with E-state index in [-0.39, 0.29) is 0 Å². The predicted molar refractivity (Wildman–Crippen MR) is 62.6 cm³/mol. The van der Waals surface area contributed by atoms with Crippen molar-refractivity contribution in [2.24, 2.45) is 0 Å². The number of unbranched alkanes of at least 4 members (excludes halogenated alkanes) is 2. The first kappa shape index (κ1) is 12.0. The van der Waals surface area contributed by atoms with Crippen LogP contribution in [0.1, 0.15) is 46.0 Å². The van der Waals surface area contributed by atoms with Crippen LogP contribution in [0, 0.1) is 0 Å². The molecule has 14 heavy (non-hydrogen) atoms. The summed E-state index contributed by atoms with van der Waals surface area (Å²) in [5.74, 6) is 0. The van der Waals surface area contributed by atoms with E-state index >= 15 is 0 Å². The van der Waals surface area contributed by atoms with Gasteiger partial charge in [0.15, 0.2) is 0 Å². The molecule has 1 saturated heterocycles. The summed E-state index contributed by atoms with van der Waals surface area (Å²) < 4.78 is 0. The first-order valence-corrected chi connectivity index (χ1v) is 6.17. The number of rotatable bonds is 5. The first-order chi connectivity index (χ1) is 6.74. The summed E-state index contributed by atoms with van der Waals surface area (Å²) in [5, 5.41) is 3.51. The zero-order chi connectivity index (χ0) is 10.4. The van der Waals surface area contributed by atoms with Crippen LogP contribution in [0.3, 0.4) is 0 Å². The van der Waals surface area contributed by atoms with E-state index in [2.05, 4.69) is 31.1 Å². The first-order valence-electron chi connectivity index (χ1n) is 6.17. The van der Waals surface area contributed by atoms with Crippen LogP contribution in [0.15, 0.2) is 0 Å². The molecule has 0 radical (unpaired) electrons. The van der Waals surface area contributed by atoms with E-state index < -0.39 is 0 Å². The average Bonchev–Trinajstić information content (AvgIpc) is 2.18. The van der Waals surface area contributed by atoms with Gasteiger partial charge in [-0.1, -0.05) is 19.8 Å². The molecule has 0 aromatic carbocycles. The van der Waals surface area contributed by atoms with Crippen LogP contribution in [-0.2, 0) is 0 Å². The van der Waals surface area contributed by atoms with Crippen molar-refractivity contribution >= 4 is 0 Å². The van der Waals surface area contributed by atoms with Crippen molar-refractivity contribution in [1.82, 2.24) is 10.2 Å². The molecule has 0 saturated carbocycles. The fourth-order valence-corrected chi connectivity index (χ4v) is 2.30. The van der Waals surface area contributed by atoms with Crippen LogP contribution >= 0.6 is 0 Å². The second-order valence-electron chi connectivity index (χ2n) is 4.72. The largest absolute Gasteiger partial charge is 0.314 e. The molecule has 1 aliphatic rings. The van der Waals surface area contributed by atoms with Crippen molar-refractivity contribution in [2.75, 3.05) is 20.1 Å². The van der Waals surface area contributed by atoms with Gasteiger partial charge < -0.3 is 10.2 Å². The Kier molecular flexibility index (Phi) is 5.49. The van der Waals surface area contributed by atoms with Crippen LogP contribution in [0.5, 0.6) is 0 Å². The third kappa shape index (κ3) is 3.97. The lowest BCUT2D eigenvalue weighted by Gasteiger charge is -2.34. The molecule has 0 aromatic rings. The van der Waals surface area contributed by atoms with E-state index in [1.54, 1.807) is 0 Å². The molecule has 0 spiro atoms. The molecule has 2 atom stereocenters. The summed E-state index contributed by atoms with van der Waals surface area (Å²) in [6.07, 6.45) is 6.72. The monoisotopic (exact) mass is 198 g/mol. The summed E-state index contributed by atoms with van der Waals surface area (Å²) in [5.41, 5.74) is 0. The van der Waals surface area contributed by atoms with Crippen molar-refractivity contribution in [2.45, 2.75) is 58.0 Å². The van der Waals surface area contributed by atoms with Gasteiger partial charge >= 0.3 is 0 Å². The normalized spacial score (nSPS) is 28.3. The van der Waals surface area contributed by atoms with Crippen LogP contribution in [0.25, 0.3) is 0 Å². The zero-order valence-corrected chi connectivity index (χ0v) is 10.1. The van der Waals surface area contributed by atoms with Gasteiger partial charge in [-0.2, -0.15) is 0 Å². The molecule has 1 N–H and O–H groups in total. The highest BCUT2D eigenvalue weighted by Gasteiger charge is 2.21. The second kappa shape index (κ2) is 6.41. The molecule has 2 nitrogen and oxygen atoms in total. The summed E-state index contributed by atoms with van der Waals surface area (Å²) in [6.45, 7) is 7.05. The molecule has 1 heterocycles. The standard InChI is InChI=1S/C12H26N2/c1-4-5-6-9-14(3)12-7-8-13-11(2)10-12/h11-13H,4-10H2,1-3H3. The molecule has 2 heteroatoms. The number of piperidine rings is 1. The molecular formula is C12H26N2. The predicted octanol–water partition coefficient (Wildman–Crippen LogP) is 2.25. The SMILES string of the molecule is CCCCCN(C)C1CCNC(C)C1. The Morgan fingerprint density at radius 2 is 2.14 bits per heavy atom. The Labute approximate surface area is 89.1 Å². The van der Waals surface area contributed by atoms with E-state index in [1.807, 2.05) is 0 Å². The third-order valence-electron chi connectivity index (χ3n) is 3.33. The van der Waals surface area contributed by atoms with Crippen molar-refractivity contribution in [3.8, 4) is 0 Å². The van der Waals surface area contributed by atoms with Gasteiger partial charge in [-0.3, -0.25) is 0 Å². The Balaban J connectivity index is 2.18. The van der Waals surface area contributed by atoms with Gasteiger partial charge in [-0.15, -0.1) is 0 Å². The van der Waals surface area contributed by atoms with Crippen LogP contribution in [0.2, 0.25) is 0 Å². The smallest absolute Gasteiger partial charge is 0.0119 e. The van der Waals surface area contributed by atoms with Gasteiger partial charge in [0.1, 0.15) is 0 Å². The summed E-state index contributed by atoms with van der Waals surface area (Å²) in [4.78, 5) is 2.56. The highest BCUT2D eigenvalue weighted by molar-refractivity contribution is 4.80. The topological polar surface area (TPSA) is 15.3 Å². The molecule has 1 aliphatic heterocycles. The molecule has 0 amide bonds. The maximum atomic E-state index is 3.51. The Morgan fingerprint density at radius 3 is 2.79 bits per heavy atom. The van der Waals surface area contributed by atoms with Gasteiger partial charge in [0.25, 0.3) is 0 Å². The Hall–Kier alpha value is -0.0800. The molecule has 0 aliphatic carbocycles. The lowest BCUT2D eigenvalue weighted by molar-refractivity contribution is 0.177. The second-order valence-corrected chi connectivity index (χ2v) is 4.72. The van der Waals surface area contributed by atoms with E-state index in [0.29, 0.717) is 6.04 Å². The zero-order valence-electron chi connectivity index (χ0n) is 10.1. The van der Waals surface area contributed by atoms with Crippen molar-refractivity contribution < 1.29 is 0 Å². The quantitative estimate of drug-likeness (QED) is 0.682. The lowest BCUT2D eigenvalue weighted by atomic mass is 9.99. The Bertz CT molecular complexity index is 147. The van der Waals surface area contributed by atoms with E-state index in [9.17, 15) is 0 Å². The molecule has 2 unspecified atom stereocenters. The minimum absolute atomic E-state index is 0.711. The van der Waals surface area contributed by atoms with Crippen LogP contribution in [0.4, 0.5) is 0 Å². The van der Waals surface area contributed by atoms with Crippen molar-refractivity contribution in [3.05, 3.63) is 0 Å². The third-order valence-corrected chi connectivity index (χ3v) is 3.33. The maximum absolute atomic E-state index is 3.51. The van der Waals surface area contributed by atoms with Gasteiger partial charge in [-0.25, -0.2) is 0 Å². The molecule has 84 valence electrons. The van der Waals surface area contributed by atoms with Crippen LogP contribution < -0.4 is 5.32 Å². The number of hydrogen-bond donors (Lipinski definition) is 1. The van der Waals surface area contributed by atoms with Crippen LogP contribution in [-0.4, -0.2) is 37.1 Å². The number of nitrogens with one attached hydrogen (secondary N) is 1. The van der Waals surface area contributed by atoms with Crippen molar-refractivity contribution in [3.63, 3.8) is 0 Å². The summed E-state index contributed by atoms with van der Waals surface area (Å²) >= 11 is 0. The molecule has 1 rings (SSSR count). The average molecular weight is 198 g/mol. The minimum atomic E-state index is 0.711. The summed E-state index contributed by atoms with van der Waals surface area (Å²) in [6, 6.07) is 1.53.